The van der Waals surface area contributed by atoms with Crippen LogP contribution in [0, 0.1) is 5.92 Å². The molecule has 2 N–H and O–H groups in total. The van der Waals surface area contributed by atoms with Gasteiger partial charge in [-0.3, -0.25) is 4.79 Å². The van der Waals surface area contributed by atoms with Crippen LogP contribution in [0.3, 0.4) is 0 Å². The second-order valence-electron chi connectivity index (χ2n) is 5.77. The monoisotopic (exact) mass is 291 g/mol. The van der Waals surface area contributed by atoms with Gasteiger partial charge in [-0.05, 0) is 25.3 Å². The third kappa shape index (κ3) is 5.14. The molecular formula is C17H25NO3. The van der Waals surface area contributed by atoms with Gasteiger partial charge in [-0.2, -0.15) is 0 Å². The second-order valence-corrected chi connectivity index (χ2v) is 5.77. The standard InChI is InChI=1S/C17H25NO3/c1-13(14-7-3-2-4-8-14)21-12-16(19)11-18-17(20)15-9-5-6-10-15/h2-4,7-8,13,15-16,19H,5-6,9-12H2,1H3,(H,18,20)/t13-,16-/m0/s1. The van der Waals surface area contributed by atoms with Gasteiger partial charge in [0.2, 0.25) is 5.91 Å². The molecule has 0 spiro atoms. The maximum Gasteiger partial charge on any atom is 0.223 e. The SMILES string of the molecule is C[C@H](OC[C@@H](O)CNC(=O)C1CCCC1)c1ccccc1. The number of hydrogen-bond acceptors (Lipinski definition) is 3. The van der Waals surface area contributed by atoms with Crippen LogP contribution in [-0.4, -0.2) is 30.3 Å². The van der Waals surface area contributed by atoms with E-state index < -0.39 is 6.10 Å². The largest absolute Gasteiger partial charge is 0.389 e. The third-order valence-electron chi connectivity index (χ3n) is 4.05. The van der Waals surface area contributed by atoms with E-state index in [1.807, 2.05) is 37.3 Å². The molecule has 1 saturated carbocycles. The van der Waals surface area contributed by atoms with Crippen molar-refractivity contribution in [3.05, 3.63) is 35.9 Å². The Balaban J connectivity index is 1.65. The van der Waals surface area contributed by atoms with E-state index in [9.17, 15) is 9.90 Å². The number of nitrogens with one attached hydrogen (secondary N) is 1. The molecular weight excluding hydrogens is 266 g/mol. The molecule has 4 nitrogen and oxygen atoms in total. The number of benzene rings is 1. The van der Waals surface area contributed by atoms with Gasteiger partial charge in [0, 0.05) is 12.5 Å². The number of aliphatic hydroxyl groups is 1. The number of carbonyl (C=O) groups excluding carboxylic acids is 1. The van der Waals surface area contributed by atoms with Gasteiger partial charge >= 0.3 is 0 Å². The van der Waals surface area contributed by atoms with Crippen LogP contribution in [-0.2, 0) is 9.53 Å². The normalized spacial score (nSPS) is 18.4. The van der Waals surface area contributed by atoms with E-state index in [4.69, 9.17) is 4.74 Å². The van der Waals surface area contributed by atoms with Crippen LogP contribution in [0.5, 0.6) is 0 Å². The Bertz CT molecular complexity index is 429. The Morgan fingerprint density at radius 3 is 2.67 bits per heavy atom. The quantitative estimate of drug-likeness (QED) is 0.811. The van der Waals surface area contributed by atoms with E-state index in [0.29, 0.717) is 0 Å². The van der Waals surface area contributed by atoms with E-state index in [0.717, 1.165) is 31.2 Å². The van der Waals surface area contributed by atoms with Crippen molar-refractivity contribution in [2.75, 3.05) is 13.2 Å². The van der Waals surface area contributed by atoms with Crippen molar-refractivity contribution >= 4 is 5.91 Å². The molecule has 4 heteroatoms. The molecule has 0 radical (unpaired) electrons. The highest BCUT2D eigenvalue weighted by atomic mass is 16.5. The zero-order chi connectivity index (χ0) is 15.1. The molecule has 0 heterocycles. The van der Waals surface area contributed by atoms with E-state index in [1.165, 1.54) is 0 Å². The fraction of sp³-hybridized carbons (Fsp3) is 0.588. The van der Waals surface area contributed by atoms with Crippen LogP contribution in [0.4, 0.5) is 0 Å². The summed E-state index contributed by atoms with van der Waals surface area (Å²) in [5.41, 5.74) is 1.08. The number of carbonyl (C=O) groups is 1. The van der Waals surface area contributed by atoms with Gasteiger partial charge in [0.15, 0.2) is 0 Å². The van der Waals surface area contributed by atoms with Gasteiger partial charge in [-0.1, -0.05) is 43.2 Å². The molecule has 0 saturated heterocycles. The van der Waals surface area contributed by atoms with Gasteiger partial charge in [0.05, 0.1) is 18.8 Å². The first-order valence-electron chi connectivity index (χ1n) is 7.79. The highest BCUT2D eigenvalue weighted by Crippen LogP contribution is 2.24. The fourth-order valence-electron chi connectivity index (χ4n) is 2.69. The maximum atomic E-state index is 11.8. The molecule has 0 unspecified atom stereocenters. The summed E-state index contributed by atoms with van der Waals surface area (Å²) in [5.74, 6) is 0.212. The molecule has 1 amide bonds. The van der Waals surface area contributed by atoms with E-state index in [2.05, 4.69) is 5.32 Å². The minimum Gasteiger partial charge on any atom is -0.389 e. The summed E-state index contributed by atoms with van der Waals surface area (Å²) in [7, 11) is 0. The van der Waals surface area contributed by atoms with Gasteiger partial charge in [-0.15, -0.1) is 0 Å². The van der Waals surface area contributed by atoms with Gasteiger partial charge in [0.25, 0.3) is 0 Å². The smallest absolute Gasteiger partial charge is 0.223 e. The first kappa shape index (κ1) is 16.0. The molecule has 0 aliphatic heterocycles. The molecule has 1 fully saturated rings. The van der Waals surface area contributed by atoms with E-state index in [-0.39, 0.29) is 31.1 Å². The second kappa shape index (κ2) is 8.15. The van der Waals surface area contributed by atoms with Crippen molar-refractivity contribution < 1.29 is 14.6 Å². The summed E-state index contributed by atoms with van der Waals surface area (Å²) >= 11 is 0. The molecule has 116 valence electrons. The molecule has 1 aromatic rings. The minimum absolute atomic E-state index is 0.0635. The average molecular weight is 291 g/mol. The molecule has 0 bridgehead atoms. The predicted molar refractivity (Wildman–Crippen MR) is 81.8 cm³/mol. The molecule has 0 aromatic heterocycles. The summed E-state index contributed by atoms with van der Waals surface area (Å²) in [5, 5.41) is 12.7. The van der Waals surface area contributed by atoms with Crippen molar-refractivity contribution in [1.29, 1.82) is 0 Å². The summed E-state index contributed by atoms with van der Waals surface area (Å²) in [6.07, 6.45) is 3.50. The first-order chi connectivity index (χ1) is 10.2. The van der Waals surface area contributed by atoms with Crippen molar-refractivity contribution in [3.63, 3.8) is 0 Å². The van der Waals surface area contributed by atoms with Crippen molar-refractivity contribution in [3.8, 4) is 0 Å². The molecule has 1 aliphatic carbocycles. The van der Waals surface area contributed by atoms with Gasteiger partial charge < -0.3 is 15.2 Å². The molecule has 1 aliphatic rings. The Kier molecular flexibility index (Phi) is 6.21. The Morgan fingerprint density at radius 1 is 1.33 bits per heavy atom. The van der Waals surface area contributed by atoms with Crippen molar-refractivity contribution in [2.24, 2.45) is 5.92 Å². The lowest BCUT2D eigenvalue weighted by atomic mass is 10.1. The molecule has 2 atom stereocenters. The predicted octanol–water partition coefficient (Wildman–Crippen LogP) is 2.43. The van der Waals surface area contributed by atoms with Crippen LogP contribution >= 0.6 is 0 Å². The average Bonchev–Trinajstić information content (AvgIpc) is 3.05. The molecule has 2 rings (SSSR count). The first-order valence-corrected chi connectivity index (χ1v) is 7.79. The van der Waals surface area contributed by atoms with Gasteiger partial charge in [0.1, 0.15) is 0 Å². The lowest BCUT2D eigenvalue weighted by Gasteiger charge is -2.18. The Labute approximate surface area is 126 Å². The van der Waals surface area contributed by atoms with Crippen molar-refractivity contribution in [1.82, 2.24) is 5.32 Å². The Morgan fingerprint density at radius 2 is 2.00 bits per heavy atom. The van der Waals surface area contributed by atoms with Gasteiger partial charge in [-0.25, -0.2) is 0 Å². The topological polar surface area (TPSA) is 58.6 Å². The van der Waals surface area contributed by atoms with Crippen LogP contribution < -0.4 is 5.32 Å². The fourth-order valence-corrected chi connectivity index (χ4v) is 2.69. The van der Waals surface area contributed by atoms with Crippen LogP contribution in [0.25, 0.3) is 0 Å². The Hall–Kier alpha value is -1.39. The molecule has 21 heavy (non-hydrogen) atoms. The number of rotatable bonds is 7. The van der Waals surface area contributed by atoms with Crippen LogP contribution in [0.15, 0.2) is 30.3 Å². The highest BCUT2D eigenvalue weighted by molar-refractivity contribution is 5.78. The minimum atomic E-state index is -0.665. The highest BCUT2D eigenvalue weighted by Gasteiger charge is 2.22. The molecule has 1 aromatic carbocycles. The van der Waals surface area contributed by atoms with E-state index in [1.54, 1.807) is 0 Å². The number of ether oxygens (including phenoxy) is 1. The zero-order valence-corrected chi connectivity index (χ0v) is 12.6. The summed E-state index contributed by atoms with van der Waals surface area (Å²) in [6, 6.07) is 9.89. The zero-order valence-electron chi connectivity index (χ0n) is 12.6. The number of aliphatic hydroxyl groups excluding tert-OH is 1. The lowest BCUT2D eigenvalue weighted by Crippen LogP contribution is -2.37. The maximum absolute atomic E-state index is 11.8. The number of hydrogen-bond donors (Lipinski definition) is 2. The lowest BCUT2D eigenvalue weighted by molar-refractivity contribution is -0.125. The number of amides is 1. The summed E-state index contributed by atoms with van der Waals surface area (Å²) < 4.78 is 5.65. The summed E-state index contributed by atoms with van der Waals surface area (Å²) in [6.45, 7) is 2.44. The van der Waals surface area contributed by atoms with Crippen molar-refractivity contribution in [2.45, 2.75) is 44.8 Å². The van der Waals surface area contributed by atoms with E-state index >= 15 is 0 Å². The summed E-state index contributed by atoms with van der Waals surface area (Å²) in [4.78, 5) is 11.8. The van der Waals surface area contributed by atoms with Crippen LogP contribution in [0.1, 0.15) is 44.3 Å². The van der Waals surface area contributed by atoms with Crippen LogP contribution in [0.2, 0.25) is 0 Å². The third-order valence-corrected chi connectivity index (χ3v) is 4.05.